The Labute approximate surface area is 164 Å². The molecule has 0 aromatic heterocycles. The van der Waals surface area contributed by atoms with E-state index in [1.165, 1.54) is 38.5 Å². The van der Waals surface area contributed by atoms with Crippen LogP contribution in [0.15, 0.2) is 24.3 Å². The maximum atomic E-state index is 12.3. The van der Waals surface area contributed by atoms with Gasteiger partial charge in [0.15, 0.2) is 0 Å². The first kappa shape index (κ1) is 23.2. The molecule has 1 aromatic rings. The molecule has 0 unspecified atom stereocenters. The van der Waals surface area contributed by atoms with Crippen molar-refractivity contribution >= 4 is 11.9 Å². The fourth-order valence-corrected chi connectivity index (χ4v) is 2.68. The van der Waals surface area contributed by atoms with Crippen LogP contribution >= 0.6 is 0 Å². The van der Waals surface area contributed by atoms with Crippen molar-refractivity contribution in [3.8, 4) is 0 Å². The molecule has 1 rings (SSSR count). The van der Waals surface area contributed by atoms with E-state index in [4.69, 9.17) is 9.47 Å². The van der Waals surface area contributed by atoms with E-state index < -0.39 is 11.9 Å². The summed E-state index contributed by atoms with van der Waals surface area (Å²) in [5.41, 5.74) is 0.417. The number of unbranched alkanes of at least 4 members (excludes halogenated alkanes) is 7. The number of hydrogen-bond donors (Lipinski definition) is 0. The summed E-state index contributed by atoms with van der Waals surface area (Å²) >= 11 is 0. The van der Waals surface area contributed by atoms with Gasteiger partial charge >= 0.3 is 11.9 Å². The van der Waals surface area contributed by atoms with Gasteiger partial charge in [-0.1, -0.05) is 84.8 Å². The molecule has 27 heavy (non-hydrogen) atoms. The van der Waals surface area contributed by atoms with E-state index in [0.29, 0.717) is 13.2 Å². The van der Waals surface area contributed by atoms with Gasteiger partial charge in [0.05, 0.1) is 24.3 Å². The first-order valence-corrected chi connectivity index (χ1v) is 10.3. The van der Waals surface area contributed by atoms with Crippen LogP contribution in [0, 0.1) is 5.41 Å². The molecule has 0 aliphatic rings. The van der Waals surface area contributed by atoms with Crippen LogP contribution in [0.2, 0.25) is 0 Å². The molecule has 0 saturated heterocycles. The minimum atomic E-state index is -0.482. The summed E-state index contributed by atoms with van der Waals surface area (Å²) in [5.74, 6) is -0.939. The largest absolute Gasteiger partial charge is 0.462 e. The average Bonchev–Trinajstić information content (AvgIpc) is 2.64. The minimum Gasteiger partial charge on any atom is -0.462 e. The lowest BCUT2D eigenvalue weighted by molar-refractivity contribution is 0.0352. The van der Waals surface area contributed by atoms with Crippen LogP contribution in [0.4, 0.5) is 0 Å². The minimum absolute atomic E-state index is 0.123. The van der Waals surface area contributed by atoms with Crippen molar-refractivity contribution in [2.24, 2.45) is 5.41 Å². The van der Waals surface area contributed by atoms with Gasteiger partial charge in [-0.2, -0.15) is 0 Å². The van der Waals surface area contributed by atoms with Gasteiger partial charge in [0.1, 0.15) is 0 Å². The summed E-state index contributed by atoms with van der Waals surface area (Å²) in [7, 11) is 0. The van der Waals surface area contributed by atoms with Crippen LogP contribution in [0.3, 0.4) is 0 Å². The normalized spacial score (nSPS) is 11.3. The van der Waals surface area contributed by atoms with Gasteiger partial charge in [0.2, 0.25) is 0 Å². The molecule has 0 heterocycles. The zero-order chi connectivity index (χ0) is 20.1. The zero-order valence-electron chi connectivity index (χ0n) is 17.5. The molecule has 0 amide bonds. The smallest absolute Gasteiger partial charge is 0.339 e. The van der Waals surface area contributed by atoms with Crippen molar-refractivity contribution in [3.63, 3.8) is 0 Å². The van der Waals surface area contributed by atoms with Crippen molar-refractivity contribution in [1.29, 1.82) is 0 Å². The Bertz CT molecular complexity index is 572. The van der Waals surface area contributed by atoms with E-state index in [-0.39, 0.29) is 16.5 Å². The number of carbonyl (C=O) groups excluding carboxylic acids is 2. The Kier molecular flexibility index (Phi) is 10.8. The first-order chi connectivity index (χ1) is 12.8. The zero-order valence-corrected chi connectivity index (χ0v) is 17.5. The van der Waals surface area contributed by atoms with E-state index in [2.05, 4.69) is 6.92 Å². The monoisotopic (exact) mass is 376 g/mol. The van der Waals surface area contributed by atoms with Gasteiger partial charge in [-0.3, -0.25) is 0 Å². The third-order valence-corrected chi connectivity index (χ3v) is 4.23. The number of hydrogen-bond acceptors (Lipinski definition) is 4. The second kappa shape index (κ2) is 12.5. The molecule has 1 aromatic carbocycles. The average molecular weight is 377 g/mol. The fraction of sp³-hybridized carbons (Fsp3) is 0.652. The molecule has 0 fully saturated rings. The maximum Gasteiger partial charge on any atom is 0.339 e. The highest BCUT2D eigenvalue weighted by molar-refractivity contribution is 6.03. The summed E-state index contributed by atoms with van der Waals surface area (Å²) in [6.07, 6.45) is 9.53. The van der Waals surface area contributed by atoms with Crippen molar-refractivity contribution in [3.05, 3.63) is 35.4 Å². The fourth-order valence-electron chi connectivity index (χ4n) is 2.68. The first-order valence-electron chi connectivity index (χ1n) is 10.3. The van der Waals surface area contributed by atoms with Crippen LogP contribution in [0.1, 0.15) is 99.8 Å². The third kappa shape index (κ3) is 10.2. The van der Waals surface area contributed by atoms with Gasteiger partial charge in [-0.25, -0.2) is 9.59 Å². The van der Waals surface area contributed by atoms with E-state index in [0.717, 1.165) is 12.8 Å². The maximum absolute atomic E-state index is 12.3. The van der Waals surface area contributed by atoms with E-state index in [1.807, 2.05) is 20.8 Å². The highest BCUT2D eigenvalue weighted by Crippen LogP contribution is 2.17. The highest BCUT2D eigenvalue weighted by Gasteiger charge is 2.21. The van der Waals surface area contributed by atoms with Gasteiger partial charge in [-0.15, -0.1) is 0 Å². The summed E-state index contributed by atoms with van der Waals surface area (Å²) in [4.78, 5) is 24.7. The number of benzene rings is 1. The lowest BCUT2D eigenvalue weighted by atomic mass is 9.98. The van der Waals surface area contributed by atoms with Crippen molar-refractivity contribution in [2.75, 3.05) is 13.2 Å². The number of rotatable bonds is 12. The lowest BCUT2D eigenvalue weighted by Crippen LogP contribution is -2.20. The molecule has 0 spiro atoms. The molecule has 0 aliphatic carbocycles. The number of ether oxygens (including phenoxy) is 2. The van der Waals surface area contributed by atoms with Gasteiger partial charge in [0, 0.05) is 0 Å². The molecule has 0 radical (unpaired) electrons. The Morgan fingerprint density at radius 1 is 0.778 bits per heavy atom. The van der Waals surface area contributed by atoms with Gasteiger partial charge in [0.25, 0.3) is 0 Å². The van der Waals surface area contributed by atoms with Crippen LogP contribution in [-0.2, 0) is 9.47 Å². The second-order valence-corrected chi connectivity index (χ2v) is 8.29. The molecule has 0 aliphatic heterocycles. The predicted molar refractivity (Wildman–Crippen MR) is 109 cm³/mol. The van der Waals surface area contributed by atoms with E-state index in [1.54, 1.807) is 24.3 Å². The van der Waals surface area contributed by atoms with E-state index in [9.17, 15) is 9.59 Å². The molecule has 0 bridgehead atoms. The number of carbonyl (C=O) groups is 2. The van der Waals surface area contributed by atoms with Crippen molar-refractivity contribution in [2.45, 2.75) is 79.1 Å². The van der Waals surface area contributed by atoms with Gasteiger partial charge in [-0.05, 0) is 24.0 Å². The summed E-state index contributed by atoms with van der Waals surface area (Å²) in [6, 6.07) is 6.68. The van der Waals surface area contributed by atoms with Crippen LogP contribution in [-0.4, -0.2) is 25.2 Å². The standard InChI is InChI=1S/C23H36O4/c1-5-6-7-8-9-10-11-14-17-26-21(24)19-15-12-13-16-20(19)22(25)27-18-23(2,3)4/h12-13,15-16H,5-11,14,17-18H2,1-4H3. The Hall–Kier alpha value is -1.84. The number of esters is 2. The molecule has 152 valence electrons. The summed E-state index contributed by atoms with van der Waals surface area (Å²) < 4.78 is 10.7. The van der Waals surface area contributed by atoms with Crippen LogP contribution < -0.4 is 0 Å². The van der Waals surface area contributed by atoms with Crippen molar-refractivity contribution < 1.29 is 19.1 Å². The van der Waals surface area contributed by atoms with E-state index >= 15 is 0 Å². The van der Waals surface area contributed by atoms with Crippen molar-refractivity contribution in [1.82, 2.24) is 0 Å². The molecule has 0 N–H and O–H groups in total. The lowest BCUT2D eigenvalue weighted by Gasteiger charge is -2.18. The Morgan fingerprint density at radius 2 is 1.26 bits per heavy atom. The molecule has 0 saturated carbocycles. The molecular formula is C23H36O4. The molecule has 0 atom stereocenters. The predicted octanol–water partition coefficient (Wildman–Crippen LogP) is 6.19. The topological polar surface area (TPSA) is 52.6 Å². The quantitative estimate of drug-likeness (QED) is 0.322. The molecule has 4 nitrogen and oxygen atoms in total. The summed E-state index contributed by atoms with van der Waals surface area (Å²) in [5, 5.41) is 0. The summed E-state index contributed by atoms with van der Waals surface area (Å²) in [6.45, 7) is 8.88. The molecular weight excluding hydrogens is 340 g/mol. The Balaban J connectivity index is 2.39. The third-order valence-electron chi connectivity index (χ3n) is 4.23. The molecule has 4 heteroatoms. The second-order valence-electron chi connectivity index (χ2n) is 8.29. The van der Waals surface area contributed by atoms with Gasteiger partial charge < -0.3 is 9.47 Å². The van der Waals surface area contributed by atoms with Crippen LogP contribution in [0.5, 0.6) is 0 Å². The van der Waals surface area contributed by atoms with Crippen LogP contribution in [0.25, 0.3) is 0 Å². The SMILES string of the molecule is CCCCCCCCCCOC(=O)c1ccccc1C(=O)OCC(C)(C)C. The Morgan fingerprint density at radius 3 is 1.78 bits per heavy atom. The highest BCUT2D eigenvalue weighted by atomic mass is 16.5.